The van der Waals surface area contributed by atoms with Gasteiger partial charge in [0.25, 0.3) is 0 Å². The molecular weight excluding hydrogens is 400 g/mol. The zero-order valence-corrected chi connectivity index (χ0v) is 16.3. The van der Waals surface area contributed by atoms with Gasteiger partial charge in [-0.3, -0.25) is 4.90 Å². The highest BCUT2D eigenvalue weighted by Crippen LogP contribution is 2.22. The normalized spacial score (nSPS) is 16.2. The first-order valence-electron chi connectivity index (χ1n) is 9.11. The van der Waals surface area contributed by atoms with Crippen LogP contribution in [0.1, 0.15) is 5.69 Å². The van der Waals surface area contributed by atoms with Gasteiger partial charge in [-0.15, -0.1) is 0 Å². The van der Waals surface area contributed by atoms with Crippen LogP contribution in [-0.4, -0.2) is 48.8 Å². The fourth-order valence-electron chi connectivity index (χ4n) is 3.25. The van der Waals surface area contributed by atoms with Gasteiger partial charge in [0, 0.05) is 38.3 Å². The lowest BCUT2D eigenvalue weighted by Crippen LogP contribution is -2.48. The fraction of sp³-hybridized carbons (Fsp3) is 0.250. The molecule has 29 heavy (non-hydrogen) atoms. The van der Waals surface area contributed by atoms with Crippen molar-refractivity contribution < 1.29 is 21.6 Å². The van der Waals surface area contributed by atoms with Gasteiger partial charge in [-0.2, -0.15) is 4.31 Å². The van der Waals surface area contributed by atoms with E-state index < -0.39 is 15.8 Å². The fourth-order valence-corrected chi connectivity index (χ4v) is 4.74. The first-order chi connectivity index (χ1) is 13.9. The summed E-state index contributed by atoms with van der Waals surface area (Å²) < 4.78 is 59.1. The van der Waals surface area contributed by atoms with Crippen LogP contribution in [0.2, 0.25) is 0 Å². The molecule has 3 aromatic rings. The average molecular weight is 419 g/mol. The van der Waals surface area contributed by atoms with Gasteiger partial charge in [0.15, 0.2) is 0 Å². The van der Waals surface area contributed by atoms with Crippen LogP contribution >= 0.6 is 0 Å². The monoisotopic (exact) mass is 419 g/mol. The number of nitrogens with zero attached hydrogens (tertiary/aromatic N) is 3. The van der Waals surface area contributed by atoms with Crippen molar-refractivity contribution in [2.75, 3.05) is 26.2 Å². The van der Waals surface area contributed by atoms with Gasteiger partial charge in [0.2, 0.25) is 15.9 Å². The molecule has 2 heterocycles. The molecule has 0 unspecified atom stereocenters. The molecule has 1 saturated heterocycles. The number of hydrogen-bond donors (Lipinski definition) is 0. The van der Waals surface area contributed by atoms with E-state index in [1.807, 2.05) is 0 Å². The van der Waals surface area contributed by atoms with Crippen molar-refractivity contribution in [3.8, 4) is 11.5 Å². The van der Waals surface area contributed by atoms with Crippen LogP contribution < -0.4 is 0 Å². The smallest absolute Gasteiger partial charge is 0.246 e. The highest BCUT2D eigenvalue weighted by molar-refractivity contribution is 7.89. The van der Waals surface area contributed by atoms with E-state index in [-0.39, 0.29) is 23.8 Å². The highest BCUT2D eigenvalue weighted by atomic mass is 32.2. The second-order valence-corrected chi connectivity index (χ2v) is 8.67. The summed E-state index contributed by atoms with van der Waals surface area (Å²) in [7, 11) is -3.86. The van der Waals surface area contributed by atoms with Gasteiger partial charge in [0.1, 0.15) is 22.8 Å². The van der Waals surface area contributed by atoms with Crippen LogP contribution in [0, 0.1) is 11.6 Å². The second kappa shape index (κ2) is 8.02. The van der Waals surface area contributed by atoms with Crippen molar-refractivity contribution in [2.24, 2.45) is 0 Å². The van der Waals surface area contributed by atoms with Crippen molar-refractivity contribution in [1.29, 1.82) is 0 Å². The summed E-state index contributed by atoms with van der Waals surface area (Å²) in [6.07, 6.45) is 1.54. The Morgan fingerprint density at radius 3 is 2.34 bits per heavy atom. The topological polar surface area (TPSA) is 66.7 Å². The van der Waals surface area contributed by atoms with Crippen LogP contribution in [-0.2, 0) is 16.6 Å². The SMILES string of the molecule is O=S(=O)(c1ccccc1F)N1CCN(Cc2coc(-c3ccc(F)cc3)n2)CC1. The molecular formula is C20H19F2N3O3S. The first-order valence-corrected chi connectivity index (χ1v) is 10.5. The molecule has 152 valence electrons. The molecule has 2 aromatic carbocycles. The van der Waals surface area contributed by atoms with Gasteiger partial charge < -0.3 is 4.42 Å². The Balaban J connectivity index is 1.38. The van der Waals surface area contributed by atoms with Gasteiger partial charge in [-0.1, -0.05) is 12.1 Å². The van der Waals surface area contributed by atoms with E-state index in [4.69, 9.17) is 4.42 Å². The van der Waals surface area contributed by atoms with Crippen molar-refractivity contribution in [1.82, 2.24) is 14.2 Å². The van der Waals surface area contributed by atoms with E-state index in [0.717, 1.165) is 6.07 Å². The number of oxazole rings is 1. The third-order valence-corrected chi connectivity index (χ3v) is 6.75. The van der Waals surface area contributed by atoms with Crippen molar-refractivity contribution in [3.63, 3.8) is 0 Å². The molecule has 0 aliphatic carbocycles. The third-order valence-electron chi connectivity index (χ3n) is 4.81. The Morgan fingerprint density at radius 1 is 0.966 bits per heavy atom. The number of rotatable bonds is 5. The molecule has 1 aliphatic heterocycles. The average Bonchev–Trinajstić information content (AvgIpc) is 3.17. The summed E-state index contributed by atoms with van der Waals surface area (Å²) in [5.74, 6) is -0.671. The lowest BCUT2D eigenvalue weighted by Gasteiger charge is -2.33. The molecule has 0 amide bonds. The summed E-state index contributed by atoms with van der Waals surface area (Å²) in [5.41, 5.74) is 1.38. The lowest BCUT2D eigenvalue weighted by molar-refractivity contribution is 0.179. The number of sulfonamides is 1. The van der Waals surface area contributed by atoms with Crippen molar-refractivity contribution in [3.05, 3.63) is 72.1 Å². The zero-order valence-electron chi connectivity index (χ0n) is 15.5. The van der Waals surface area contributed by atoms with Crippen molar-refractivity contribution in [2.45, 2.75) is 11.4 Å². The minimum absolute atomic E-state index is 0.263. The van der Waals surface area contributed by atoms with Gasteiger partial charge in [0.05, 0.1) is 5.69 Å². The Hall–Kier alpha value is -2.62. The Morgan fingerprint density at radius 2 is 1.66 bits per heavy atom. The van der Waals surface area contributed by atoms with E-state index in [0.29, 0.717) is 36.8 Å². The molecule has 9 heteroatoms. The predicted molar refractivity (Wildman–Crippen MR) is 102 cm³/mol. The summed E-state index contributed by atoms with van der Waals surface area (Å²) in [6, 6.07) is 11.3. The van der Waals surface area contributed by atoms with Crippen LogP contribution in [0.3, 0.4) is 0 Å². The van der Waals surface area contributed by atoms with Gasteiger partial charge >= 0.3 is 0 Å². The molecule has 6 nitrogen and oxygen atoms in total. The van der Waals surface area contributed by atoms with E-state index in [2.05, 4.69) is 9.88 Å². The maximum atomic E-state index is 13.9. The molecule has 1 aromatic heterocycles. The Bertz CT molecular complexity index is 1090. The predicted octanol–water partition coefficient (Wildman–Crippen LogP) is 3.13. The molecule has 1 aliphatic rings. The number of hydrogen-bond acceptors (Lipinski definition) is 5. The zero-order chi connectivity index (χ0) is 20.4. The third kappa shape index (κ3) is 4.21. The highest BCUT2D eigenvalue weighted by Gasteiger charge is 2.30. The lowest BCUT2D eigenvalue weighted by atomic mass is 10.2. The van der Waals surface area contributed by atoms with Crippen LogP contribution in [0.5, 0.6) is 0 Å². The second-order valence-electron chi connectivity index (χ2n) is 6.76. The van der Waals surface area contributed by atoms with E-state index >= 15 is 0 Å². The van der Waals surface area contributed by atoms with Crippen molar-refractivity contribution >= 4 is 10.0 Å². The largest absolute Gasteiger partial charge is 0.444 e. The molecule has 0 N–H and O–H groups in total. The van der Waals surface area contributed by atoms with E-state index in [1.165, 1.54) is 34.6 Å². The molecule has 0 radical (unpaired) electrons. The molecule has 4 rings (SSSR count). The number of halogens is 2. The Labute approximate surface area is 167 Å². The number of benzene rings is 2. The summed E-state index contributed by atoms with van der Waals surface area (Å²) >= 11 is 0. The van der Waals surface area contributed by atoms with E-state index in [9.17, 15) is 17.2 Å². The number of piperazine rings is 1. The van der Waals surface area contributed by atoms with E-state index in [1.54, 1.807) is 18.4 Å². The molecule has 0 atom stereocenters. The summed E-state index contributed by atoms with van der Waals surface area (Å²) in [5, 5.41) is 0. The molecule has 0 bridgehead atoms. The van der Waals surface area contributed by atoms with Gasteiger partial charge in [-0.25, -0.2) is 22.2 Å². The Kier molecular flexibility index (Phi) is 5.44. The van der Waals surface area contributed by atoms with Gasteiger partial charge in [-0.05, 0) is 36.4 Å². The molecule has 1 fully saturated rings. The minimum Gasteiger partial charge on any atom is -0.444 e. The molecule has 0 spiro atoms. The van der Waals surface area contributed by atoms with Crippen LogP contribution in [0.25, 0.3) is 11.5 Å². The summed E-state index contributed by atoms with van der Waals surface area (Å²) in [6.45, 7) is 2.01. The standard InChI is InChI=1S/C20H19F2N3O3S/c21-16-7-5-15(6-8-16)20-23-17(14-28-20)13-24-9-11-25(12-10-24)29(26,27)19-4-2-1-3-18(19)22/h1-8,14H,9-13H2. The van der Waals surface area contributed by atoms with Crippen LogP contribution in [0.15, 0.2) is 64.1 Å². The summed E-state index contributed by atoms with van der Waals surface area (Å²) in [4.78, 5) is 6.18. The quantitative estimate of drug-likeness (QED) is 0.636. The molecule has 0 saturated carbocycles. The maximum absolute atomic E-state index is 13.9. The number of aromatic nitrogens is 1. The maximum Gasteiger partial charge on any atom is 0.246 e. The minimum atomic E-state index is -3.86. The first kappa shape index (κ1) is 19.7. The van der Waals surface area contributed by atoms with Crippen LogP contribution in [0.4, 0.5) is 8.78 Å².